The van der Waals surface area contributed by atoms with Gasteiger partial charge in [-0.1, -0.05) is 48.5 Å². The van der Waals surface area contributed by atoms with Crippen LogP contribution < -0.4 is 5.32 Å². The molecule has 0 spiro atoms. The Morgan fingerprint density at radius 2 is 1.75 bits per heavy atom. The number of aryl methyl sites for hydroxylation is 1. The maximum Gasteiger partial charge on any atom is 0.305 e. The molecule has 1 unspecified atom stereocenters. The van der Waals surface area contributed by atoms with Crippen molar-refractivity contribution in [2.45, 2.75) is 19.4 Å². The number of aliphatic carboxylic acids is 1. The Labute approximate surface area is 138 Å². The Hall–Kier alpha value is -3.08. The van der Waals surface area contributed by atoms with Crippen molar-refractivity contribution in [2.75, 3.05) is 0 Å². The molecule has 5 heteroatoms. The molecule has 0 radical (unpaired) electrons. The number of carboxylic acids is 1. The summed E-state index contributed by atoms with van der Waals surface area (Å²) < 4.78 is 5.64. The Bertz CT molecular complexity index is 883. The fourth-order valence-corrected chi connectivity index (χ4v) is 2.73. The van der Waals surface area contributed by atoms with E-state index < -0.39 is 17.9 Å². The number of nitrogens with one attached hydrogen (secondary N) is 1. The quantitative estimate of drug-likeness (QED) is 0.750. The summed E-state index contributed by atoms with van der Waals surface area (Å²) in [4.78, 5) is 23.7. The lowest BCUT2D eigenvalue weighted by Crippen LogP contribution is -2.30. The number of carbonyl (C=O) groups excluding carboxylic acids is 1. The largest absolute Gasteiger partial charge is 0.481 e. The van der Waals surface area contributed by atoms with Gasteiger partial charge in [0.05, 0.1) is 12.5 Å². The van der Waals surface area contributed by atoms with E-state index in [0.29, 0.717) is 5.58 Å². The minimum atomic E-state index is -0.981. The van der Waals surface area contributed by atoms with Gasteiger partial charge in [0.1, 0.15) is 5.58 Å². The van der Waals surface area contributed by atoms with Gasteiger partial charge in [0.25, 0.3) is 5.91 Å². The van der Waals surface area contributed by atoms with Crippen molar-refractivity contribution in [3.63, 3.8) is 0 Å². The minimum Gasteiger partial charge on any atom is -0.481 e. The molecule has 3 aromatic rings. The molecule has 122 valence electrons. The molecule has 1 aromatic heterocycles. The van der Waals surface area contributed by atoms with Crippen LogP contribution in [0.15, 0.2) is 59.0 Å². The molecule has 0 fully saturated rings. The smallest absolute Gasteiger partial charge is 0.305 e. The molecule has 1 amide bonds. The molecule has 0 aliphatic heterocycles. The summed E-state index contributed by atoms with van der Waals surface area (Å²) in [5.74, 6) is -1.19. The fourth-order valence-electron chi connectivity index (χ4n) is 2.73. The predicted molar refractivity (Wildman–Crippen MR) is 89.9 cm³/mol. The molecule has 24 heavy (non-hydrogen) atoms. The van der Waals surface area contributed by atoms with Crippen molar-refractivity contribution in [3.8, 4) is 0 Å². The van der Waals surface area contributed by atoms with Crippen LogP contribution >= 0.6 is 0 Å². The van der Waals surface area contributed by atoms with Gasteiger partial charge in [-0.25, -0.2) is 0 Å². The number of hydrogen-bond donors (Lipinski definition) is 2. The molecule has 0 bridgehead atoms. The number of amides is 1. The highest BCUT2D eigenvalue weighted by Gasteiger charge is 2.23. The fraction of sp³-hybridized carbons (Fsp3) is 0.158. The number of rotatable bonds is 5. The van der Waals surface area contributed by atoms with Crippen LogP contribution in [0, 0.1) is 6.92 Å². The average molecular weight is 323 g/mol. The lowest BCUT2D eigenvalue weighted by atomic mass is 10.0. The second-order valence-electron chi connectivity index (χ2n) is 5.59. The molecule has 1 atom stereocenters. The highest BCUT2D eigenvalue weighted by Crippen LogP contribution is 2.26. The minimum absolute atomic E-state index is 0.199. The summed E-state index contributed by atoms with van der Waals surface area (Å²) in [6.45, 7) is 1.81. The van der Waals surface area contributed by atoms with E-state index in [1.54, 1.807) is 18.2 Å². The van der Waals surface area contributed by atoms with Crippen molar-refractivity contribution < 1.29 is 19.1 Å². The Balaban J connectivity index is 1.90. The first kappa shape index (κ1) is 15.8. The molecule has 0 aliphatic rings. The third kappa shape index (κ3) is 3.15. The van der Waals surface area contributed by atoms with Crippen molar-refractivity contribution in [1.82, 2.24) is 5.32 Å². The van der Waals surface area contributed by atoms with Crippen LogP contribution in [0.25, 0.3) is 11.0 Å². The summed E-state index contributed by atoms with van der Waals surface area (Å²) in [5, 5.41) is 12.8. The molecular formula is C19H17NO4. The van der Waals surface area contributed by atoms with Crippen LogP contribution in [0.1, 0.15) is 34.1 Å². The number of para-hydroxylation sites is 1. The van der Waals surface area contributed by atoms with E-state index in [0.717, 1.165) is 16.5 Å². The topological polar surface area (TPSA) is 79.5 Å². The summed E-state index contributed by atoms with van der Waals surface area (Å²) >= 11 is 0. The number of fused-ring (bicyclic) bond motifs is 1. The SMILES string of the molecule is Cc1c(C(=O)NC(CC(=O)O)c2ccccc2)oc2ccccc12. The number of furan rings is 1. The Morgan fingerprint density at radius 1 is 1.08 bits per heavy atom. The molecular weight excluding hydrogens is 306 g/mol. The normalized spacial score (nSPS) is 12.0. The first-order valence-corrected chi connectivity index (χ1v) is 7.62. The molecule has 0 saturated heterocycles. The lowest BCUT2D eigenvalue weighted by Gasteiger charge is -2.16. The lowest BCUT2D eigenvalue weighted by molar-refractivity contribution is -0.137. The monoisotopic (exact) mass is 323 g/mol. The second kappa shape index (κ2) is 6.58. The maximum atomic E-state index is 12.6. The van der Waals surface area contributed by atoms with Crippen LogP contribution in [0.4, 0.5) is 0 Å². The van der Waals surface area contributed by atoms with Crippen molar-refractivity contribution in [1.29, 1.82) is 0 Å². The van der Waals surface area contributed by atoms with Gasteiger partial charge in [-0.15, -0.1) is 0 Å². The summed E-state index contributed by atoms with van der Waals surface area (Å²) in [6.07, 6.45) is -0.199. The molecule has 2 aromatic carbocycles. The van der Waals surface area contributed by atoms with Gasteiger partial charge in [0, 0.05) is 10.9 Å². The van der Waals surface area contributed by atoms with Gasteiger partial charge >= 0.3 is 5.97 Å². The zero-order valence-electron chi connectivity index (χ0n) is 13.2. The Morgan fingerprint density at radius 3 is 2.42 bits per heavy atom. The number of carbonyl (C=O) groups is 2. The first-order chi connectivity index (χ1) is 11.6. The van der Waals surface area contributed by atoms with Crippen LogP contribution in [0.2, 0.25) is 0 Å². The van der Waals surface area contributed by atoms with E-state index in [-0.39, 0.29) is 12.2 Å². The van der Waals surface area contributed by atoms with Crippen molar-refractivity contribution >= 4 is 22.8 Å². The van der Waals surface area contributed by atoms with E-state index in [1.807, 2.05) is 43.3 Å². The van der Waals surface area contributed by atoms with Gasteiger partial charge in [0.2, 0.25) is 0 Å². The highest BCUT2D eigenvalue weighted by molar-refractivity contribution is 5.99. The maximum absolute atomic E-state index is 12.6. The highest BCUT2D eigenvalue weighted by atomic mass is 16.4. The second-order valence-corrected chi connectivity index (χ2v) is 5.59. The number of benzene rings is 2. The van der Waals surface area contributed by atoms with E-state index in [2.05, 4.69) is 5.32 Å². The van der Waals surface area contributed by atoms with Crippen molar-refractivity contribution in [2.24, 2.45) is 0 Å². The third-order valence-electron chi connectivity index (χ3n) is 3.94. The standard InChI is InChI=1S/C19H17NO4/c1-12-14-9-5-6-10-16(14)24-18(12)19(23)20-15(11-17(21)22)13-7-3-2-4-8-13/h2-10,15H,11H2,1H3,(H,20,23)(H,21,22). The molecule has 0 aliphatic carbocycles. The van der Waals surface area contributed by atoms with E-state index in [1.165, 1.54) is 0 Å². The van der Waals surface area contributed by atoms with Gasteiger partial charge in [-0.05, 0) is 18.6 Å². The van der Waals surface area contributed by atoms with Crippen molar-refractivity contribution in [3.05, 3.63) is 71.5 Å². The third-order valence-corrected chi connectivity index (χ3v) is 3.94. The van der Waals surface area contributed by atoms with E-state index in [4.69, 9.17) is 9.52 Å². The summed E-state index contributed by atoms with van der Waals surface area (Å²) in [6, 6.07) is 15.8. The number of hydrogen-bond acceptors (Lipinski definition) is 3. The van der Waals surface area contributed by atoms with Crippen LogP contribution in [0.5, 0.6) is 0 Å². The van der Waals surface area contributed by atoms with Gasteiger partial charge in [0.15, 0.2) is 5.76 Å². The van der Waals surface area contributed by atoms with Gasteiger partial charge in [-0.3, -0.25) is 9.59 Å². The molecule has 1 heterocycles. The van der Waals surface area contributed by atoms with Gasteiger partial charge < -0.3 is 14.8 Å². The molecule has 3 rings (SSSR count). The Kier molecular flexibility index (Phi) is 4.33. The zero-order valence-corrected chi connectivity index (χ0v) is 13.2. The molecule has 0 saturated carbocycles. The predicted octanol–water partition coefficient (Wildman–Crippen LogP) is 3.69. The molecule has 2 N–H and O–H groups in total. The zero-order chi connectivity index (χ0) is 17.1. The van der Waals surface area contributed by atoms with E-state index >= 15 is 0 Å². The first-order valence-electron chi connectivity index (χ1n) is 7.62. The van der Waals surface area contributed by atoms with Crippen LogP contribution in [0.3, 0.4) is 0 Å². The van der Waals surface area contributed by atoms with E-state index in [9.17, 15) is 9.59 Å². The van der Waals surface area contributed by atoms with Crippen LogP contribution in [-0.4, -0.2) is 17.0 Å². The molecule has 5 nitrogen and oxygen atoms in total. The van der Waals surface area contributed by atoms with Crippen LogP contribution in [-0.2, 0) is 4.79 Å². The summed E-state index contributed by atoms with van der Waals surface area (Å²) in [5.41, 5.74) is 2.11. The number of carboxylic acid groups (broad SMARTS) is 1. The summed E-state index contributed by atoms with van der Waals surface area (Å²) in [7, 11) is 0. The van der Waals surface area contributed by atoms with Gasteiger partial charge in [-0.2, -0.15) is 0 Å². The average Bonchev–Trinajstić information content (AvgIpc) is 2.92.